The summed E-state index contributed by atoms with van der Waals surface area (Å²) in [6.07, 6.45) is 0.104. The number of hydrogen-bond donors (Lipinski definition) is 1. The van der Waals surface area contributed by atoms with E-state index < -0.39 is 11.7 Å². The van der Waals surface area contributed by atoms with Crippen molar-refractivity contribution in [2.75, 3.05) is 5.32 Å². The lowest BCUT2D eigenvalue weighted by molar-refractivity contribution is 0.0636. The fraction of sp³-hybridized carbons (Fsp3) is 0.286. The van der Waals surface area contributed by atoms with Crippen molar-refractivity contribution in [3.8, 4) is 5.69 Å². The van der Waals surface area contributed by atoms with Gasteiger partial charge in [0.05, 0.1) is 16.6 Å². The van der Waals surface area contributed by atoms with Gasteiger partial charge in [-0.1, -0.05) is 19.1 Å². The molecule has 0 saturated heterocycles. The Bertz CT molecular complexity index is 1030. The molecule has 0 aliphatic rings. The Morgan fingerprint density at radius 3 is 2.41 bits per heavy atom. The van der Waals surface area contributed by atoms with Crippen LogP contribution in [-0.4, -0.2) is 21.2 Å². The average molecular weight is 365 g/mol. The first-order chi connectivity index (χ1) is 12.8. The SMILES string of the molecule is CCc1nc2ccccc2c(=O)n1-c1ccc(NC(=O)OC(C)(C)C)cc1. The van der Waals surface area contributed by atoms with Gasteiger partial charge in [-0.05, 0) is 57.2 Å². The van der Waals surface area contributed by atoms with E-state index in [-0.39, 0.29) is 5.56 Å². The molecule has 1 N–H and O–H groups in total. The Hall–Kier alpha value is -3.15. The molecule has 27 heavy (non-hydrogen) atoms. The topological polar surface area (TPSA) is 73.2 Å². The van der Waals surface area contributed by atoms with E-state index in [2.05, 4.69) is 10.3 Å². The van der Waals surface area contributed by atoms with E-state index >= 15 is 0 Å². The Labute approximate surface area is 157 Å². The lowest BCUT2D eigenvalue weighted by Crippen LogP contribution is -2.27. The van der Waals surface area contributed by atoms with Crippen molar-refractivity contribution >= 4 is 22.7 Å². The first-order valence-electron chi connectivity index (χ1n) is 8.89. The zero-order chi connectivity index (χ0) is 19.6. The number of nitrogens with one attached hydrogen (secondary N) is 1. The first kappa shape index (κ1) is 18.6. The lowest BCUT2D eigenvalue weighted by Gasteiger charge is -2.19. The van der Waals surface area contributed by atoms with Gasteiger partial charge in [0, 0.05) is 12.1 Å². The second kappa shape index (κ2) is 7.23. The average Bonchev–Trinajstić information content (AvgIpc) is 2.61. The van der Waals surface area contributed by atoms with Crippen molar-refractivity contribution in [3.05, 3.63) is 64.7 Å². The largest absolute Gasteiger partial charge is 0.444 e. The van der Waals surface area contributed by atoms with Crippen molar-refractivity contribution in [2.45, 2.75) is 39.7 Å². The van der Waals surface area contributed by atoms with Crippen LogP contribution in [0, 0.1) is 0 Å². The van der Waals surface area contributed by atoms with Crippen LogP contribution in [0.3, 0.4) is 0 Å². The van der Waals surface area contributed by atoms with Crippen LogP contribution >= 0.6 is 0 Å². The highest BCUT2D eigenvalue weighted by Crippen LogP contribution is 2.17. The molecule has 140 valence electrons. The van der Waals surface area contributed by atoms with Crippen LogP contribution in [0.1, 0.15) is 33.5 Å². The molecule has 0 saturated carbocycles. The molecule has 0 radical (unpaired) electrons. The summed E-state index contributed by atoms with van der Waals surface area (Å²) in [4.78, 5) is 29.5. The molecule has 3 rings (SSSR count). The van der Waals surface area contributed by atoms with Crippen molar-refractivity contribution in [2.24, 2.45) is 0 Å². The van der Waals surface area contributed by atoms with Gasteiger partial charge < -0.3 is 4.74 Å². The maximum absolute atomic E-state index is 13.0. The molecule has 0 atom stereocenters. The minimum absolute atomic E-state index is 0.106. The van der Waals surface area contributed by atoms with Gasteiger partial charge in [0.2, 0.25) is 0 Å². The Morgan fingerprint density at radius 1 is 1.11 bits per heavy atom. The first-order valence-corrected chi connectivity index (χ1v) is 8.89. The van der Waals surface area contributed by atoms with Gasteiger partial charge in [-0.15, -0.1) is 0 Å². The molecule has 3 aromatic rings. The summed E-state index contributed by atoms with van der Waals surface area (Å²) in [7, 11) is 0. The van der Waals surface area contributed by atoms with Gasteiger partial charge >= 0.3 is 6.09 Å². The van der Waals surface area contributed by atoms with Crippen molar-refractivity contribution < 1.29 is 9.53 Å². The van der Waals surface area contributed by atoms with E-state index in [4.69, 9.17) is 4.74 Å². The minimum Gasteiger partial charge on any atom is -0.444 e. The van der Waals surface area contributed by atoms with Gasteiger partial charge in [0.15, 0.2) is 0 Å². The number of anilines is 1. The van der Waals surface area contributed by atoms with Gasteiger partial charge in [0.25, 0.3) is 5.56 Å². The van der Waals surface area contributed by atoms with E-state index in [1.165, 1.54) is 0 Å². The third-order valence-electron chi connectivity index (χ3n) is 3.93. The standard InChI is InChI=1S/C21H23N3O3/c1-5-18-23-17-9-7-6-8-16(17)19(25)24(18)15-12-10-14(11-13-15)22-20(26)27-21(2,3)4/h6-13H,5H2,1-4H3,(H,22,26). The molecule has 1 heterocycles. The maximum atomic E-state index is 13.0. The molecule has 0 bridgehead atoms. The predicted molar refractivity (Wildman–Crippen MR) is 107 cm³/mol. The van der Waals surface area contributed by atoms with Crippen LogP contribution < -0.4 is 10.9 Å². The summed E-state index contributed by atoms with van der Waals surface area (Å²) < 4.78 is 6.86. The number of hydrogen-bond acceptors (Lipinski definition) is 4. The molecule has 2 aromatic carbocycles. The quantitative estimate of drug-likeness (QED) is 0.751. The van der Waals surface area contributed by atoms with Crippen LogP contribution in [0.5, 0.6) is 0 Å². The third kappa shape index (κ3) is 4.16. The molecular weight excluding hydrogens is 342 g/mol. The molecule has 0 unspecified atom stereocenters. The lowest BCUT2D eigenvalue weighted by atomic mass is 10.2. The predicted octanol–water partition coefficient (Wildman–Crippen LogP) is 4.30. The zero-order valence-electron chi connectivity index (χ0n) is 15.9. The number of aromatic nitrogens is 2. The van der Waals surface area contributed by atoms with Crippen LogP contribution in [0.15, 0.2) is 53.3 Å². The van der Waals surface area contributed by atoms with Crippen LogP contribution in [-0.2, 0) is 11.2 Å². The van der Waals surface area contributed by atoms with Crippen molar-refractivity contribution in [1.29, 1.82) is 0 Å². The molecule has 0 aliphatic heterocycles. The van der Waals surface area contributed by atoms with Crippen LogP contribution in [0.2, 0.25) is 0 Å². The number of para-hydroxylation sites is 1. The number of rotatable bonds is 3. The van der Waals surface area contributed by atoms with E-state index in [0.717, 1.165) is 0 Å². The van der Waals surface area contributed by atoms with Gasteiger partial charge in [-0.2, -0.15) is 0 Å². The molecule has 6 heteroatoms. The van der Waals surface area contributed by atoms with Gasteiger partial charge in [-0.3, -0.25) is 14.7 Å². The summed E-state index contributed by atoms with van der Waals surface area (Å²) in [5.41, 5.74) is 1.31. The number of amides is 1. The van der Waals surface area contributed by atoms with Gasteiger partial charge in [-0.25, -0.2) is 9.78 Å². The van der Waals surface area contributed by atoms with E-state index in [1.54, 1.807) is 55.7 Å². The second-order valence-electron chi connectivity index (χ2n) is 7.21. The van der Waals surface area contributed by atoms with E-state index in [1.807, 2.05) is 25.1 Å². The molecule has 0 spiro atoms. The Balaban J connectivity index is 1.95. The number of nitrogens with zero attached hydrogens (tertiary/aromatic N) is 2. The number of carbonyl (C=O) groups excluding carboxylic acids is 1. The fourth-order valence-corrected chi connectivity index (χ4v) is 2.80. The number of carbonyl (C=O) groups is 1. The fourth-order valence-electron chi connectivity index (χ4n) is 2.80. The molecular formula is C21H23N3O3. The molecule has 0 fully saturated rings. The maximum Gasteiger partial charge on any atom is 0.412 e. The second-order valence-corrected chi connectivity index (χ2v) is 7.21. The van der Waals surface area contributed by atoms with E-state index in [9.17, 15) is 9.59 Å². The summed E-state index contributed by atoms with van der Waals surface area (Å²) in [5, 5.41) is 3.26. The summed E-state index contributed by atoms with van der Waals surface area (Å²) in [5.74, 6) is 0.687. The smallest absolute Gasteiger partial charge is 0.412 e. The normalized spacial score (nSPS) is 11.4. The molecule has 0 aliphatic carbocycles. The minimum atomic E-state index is -0.565. The number of ether oxygens (including phenoxy) is 1. The summed E-state index contributed by atoms with van der Waals surface area (Å²) >= 11 is 0. The highest BCUT2D eigenvalue weighted by atomic mass is 16.6. The summed E-state index contributed by atoms with van der Waals surface area (Å²) in [6, 6.07) is 14.4. The number of benzene rings is 2. The zero-order valence-corrected chi connectivity index (χ0v) is 15.9. The molecule has 6 nitrogen and oxygen atoms in total. The monoisotopic (exact) mass is 365 g/mol. The van der Waals surface area contributed by atoms with Crippen molar-refractivity contribution in [3.63, 3.8) is 0 Å². The number of fused-ring (bicyclic) bond motifs is 1. The summed E-state index contributed by atoms with van der Waals surface area (Å²) in [6.45, 7) is 7.38. The highest BCUT2D eigenvalue weighted by Gasteiger charge is 2.16. The van der Waals surface area contributed by atoms with Crippen LogP contribution in [0.25, 0.3) is 16.6 Å². The highest BCUT2D eigenvalue weighted by molar-refractivity contribution is 5.85. The Kier molecular flexibility index (Phi) is 4.99. The van der Waals surface area contributed by atoms with E-state index in [0.29, 0.717) is 34.5 Å². The number of aryl methyl sites for hydroxylation is 1. The van der Waals surface area contributed by atoms with Crippen LogP contribution in [0.4, 0.5) is 10.5 Å². The van der Waals surface area contributed by atoms with Gasteiger partial charge in [0.1, 0.15) is 11.4 Å². The molecule has 1 amide bonds. The Morgan fingerprint density at radius 2 is 1.78 bits per heavy atom. The van der Waals surface area contributed by atoms with Crippen molar-refractivity contribution in [1.82, 2.24) is 9.55 Å². The molecule has 1 aromatic heterocycles. The third-order valence-corrected chi connectivity index (χ3v) is 3.93.